The van der Waals surface area contributed by atoms with Gasteiger partial charge in [-0.05, 0) is 18.9 Å². The Bertz CT molecular complexity index is 1060. The number of anilines is 1. The molecule has 3 atom stereocenters. The number of methoxy groups -OCH3 is 1. The second kappa shape index (κ2) is 7.34. The first-order chi connectivity index (χ1) is 14.4. The molecule has 1 aromatic heterocycles. The van der Waals surface area contributed by atoms with Crippen LogP contribution in [-0.2, 0) is 0 Å². The number of hydrogen-bond donors (Lipinski definition) is 1. The highest BCUT2D eigenvalue weighted by Crippen LogP contribution is 2.54. The molecule has 3 fully saturated rings. The van der Waals surface area contributed by atoms with Crippen molar-refractivity contribution in [3.8, 4) is 5.75 Å². The first kappa shape index (κ1) is 20.8. The van der Waals surface area contributed by atoms with E-state index in [1.807, 2.05) is 18.7 Å². The van der Waals surface area contributed by atoms with Crippen molar-refractivity contribution in [1.82, 2.24) is 4.57 Å². The van der Waals surface area contributed by atoms with Crippen molar-refractivity contribution in [1.29, 1.82) is 0 Å². The molecule has 1 aliphatic heterocycles. The van der Waals surface area contributed by atoms with E-state index in [-0.39, 0.29) is 40.3 Å². The number of hydrogen-bond acceptors (Lipinski definition) is 5. The number of aromatic nitrogens is 1. The largest absolute Gasteiger partial charge is 0.492 e. The minimum atomic E-state index is -1.07. The van der Waals surface area contributed by atoms with E-state index in [1.54, 1.807) is 4.57 Å². The molecule has 2 heterocycles. The third-order valence-electron chi connectivity index (χ3n) is 6.51. The number of carbonyl (C=O) groups excluding carboxylic acids is 1. The van der Waals surface area contributed by atoms with E-state index in [2.05, 4.69) is 0 Å². The maximum Gasteiger partial charge on any atom is 0.200 e. The molecule has 5 rings (SSSR count). The van der Waals surface area contributed by atoms with Gasteiger partial charge in [-0.3, -0.25) is 9.59 Å². The molecule has 8 heteroatoms. The van der Waals surface area contributed by atoms with Gasteiger partial charge in [0.25, 0.3) is 0 Å². The number of aldehydes is 1. The first-order valence-electron chi connectivity index (χ1n) is 10.5. The fourth-order valence-electron chi connectivity index (χ4n) is 4.59. The normalized spacial score (nSPS) is 25.8. The molecule has 162 valence electrons. The average molecular weight is 419 g/mol. The molecule has 0 bridgehead atoms. The summed E-state index contributed by atoms with van der Waals surface area (Å²) < 4.78 is 36.2. The van der Waals surface area contributed by atoms with Crippen LogP contribution in [0.3, 0.4) is 0 Å². The van der Waals surface area contributed by atoms with E-state index < -0.39 is 23.5 Å². The number of pyridine rings is 1. The summed E-state index contributed by atoms with van der Waals surface area (Å²) in [5, 5.41) is 0.0198. The van der Waals surface area contributed by atoms with Gasteiger partial charge in [-0.2, -0.15) is 0 Å². The monoisotopic (exact) mass is 419 g/mol. The van der Waals surface area contributed by atoms with Gasteiger partial charge in [-0.25, -0.2) is 8.78 Å². The van der Waals surface area contributed by atoms with Crippen LogP contribution in [0.5, 0.6) is 5.75 Å². The van der Waals surface area contributed by atoms with Gasteiger partial charge in [-0.15, -0.1) is 0 Å². The lowest BCUT2D eigenvalue weighted by atomic mass is 10.0. The molecule has 1 saturated heterocycles. The Hall–Kier alpha value is -2.48. The van der Waals surface area contributed by atoms with E-state index >= 15 is 4.39 Å². The zero-order chi connectivity index (χ0) is 21.8. The molecule has 6 nitrogen and oxygen atoms in total. The third kappa shape index (κ3) is 3.00. The molecule has 2 aliphatic carbocycles. The number of nitrogens with two attached hydrogens (primary N) is 1. The van der Waals surface area contributed by atoms with Crippen molar-refractivity contribution in [2.24, 2.45) is 11.1 Å². The molecule has 30 heavy (non-hydrogen) atoms. The van der Waals surface area contributed by atoms with E-state index in [4.69, 9.17) is 10.5 Å². The van der Waals surface area contributed by atoms with Crippen molar-refractivity contribution >= 4 is 22.9 Å². The molecule has 1 spiro atoms. The van der Waals surface area contributed by atoms with Crippen LogP contribution in [0.25, 0.3) is 10.9 Å². The molecule has 2 aromatic rings. The average Bonchev–Trinajstić information content (AvgIpc) is 3.64. The van der Waals surface area contributed by atoms with Gasteiger partial charge in [-0.1, -0.05) is 13.8 Å². The number of benzene rings is 1. The maximum atomic E-state index is 15.2. The number of alkyl halides is 1. The standard InChI is InChI=1S/C20H21F2N3O3.C2H6/c1-28-19-16-11(18(27)10(8-26)6-25(16)14-5-12(14)21)4-13(22)17(19)24-7-15(23)20(9-24)2-3-20;1-2/h4,6,8,12,14-15H,2-3,5,7,9,23H2,1H3;1-2H3/t12-,14+,15+;/m0./s1. The van der Waals surface area contributed by atoms with Crippen molar-refractivity contribution in [3.63, 3.8) is 0 Å². The second-order valence-corrected chi connectivity index (χ2v) is 8.24. The lowest BCUT2D eigenvalue weighted by Gasteiger charge is -2.24. The predicted octanol–water partition coefficient (Wildman–Crippen LogP) is 3.20. The van der Waals surface area contributed by atoms with Gasteiger partial charge in [0, 0.05) is 37.2 Å². The van der Waals surface area contributed by atoms with E-state index in [9.17, 15) is 14.0 Å². The Morgan fingerprint density at radius 2 is 2.00 bits per heavy atom. The van der Waals surface area contributed by atoms with Crippen LogP contribution in [0.15, 0.2) is 17.1 Å². The molecule has 3 aliphatic rings. The van der Waals surface area contributed by atoms with Crippen molar-refractivity contribution in [2.45, 2.75) is 51.4 Å². The molecule has 0 unspecified atom stereocenters. The summed E-state index contributed by atoms with van der Waals surface area (Å²) in [6.07, 6.45) is 3.01. The van der Waals surface area contributed by atoms with E-state index in [0.29, 0.717) is 24.9 Å². The number of carbonyl (C=O) groups is 1. The summed E-state index contributed by atoms with van der Waals surface area (Å²) in [6, 6.07) is 0.591. The Labute approximate surface area is 173 Å². The summed E-state index contributed by atoms with van der Waals surface area (Å²) in [5.41, 5.74) is 6.16. The highest BCUT2D eigenvalue weighted by Gasteiger charge is 2.54. The van der Waals surface area contributed by atoms with Crippen LogP contribution >= 0.6 is 0 Å². The lowest BCUT2D eigenvalue weighted by molar-refractivity contribution is 0.112. The van der Waals surface area contributed by atoms with Crippen molar-refractivity contribution in [3.05, 3.63) is 33.9 Å². The summed E-state index contributed by atoms with van der Waals surface area (Å²) in [4.78, 5) is 25.9. The van der Waals surface area contributed by atoms with Crippen LogP contribution in [0.2, 0.25) is 0 Å². The van der Waals surface area contributed by atoms with Gasteiger partial charge in [0.1, 0.15) is 11.9 Å². The fraction of sp³-hybridized carbons (Fsp3) is 0.545. The lowest BCUT2D eigenvalue weighted by Crippen LogP contribution is -2.30. The Balaban J connectivity index is 0.00000106. The second-order valence-electron chi connectivity index (χ2n) is 8.24. The number of fused-ring (bicyclic) bond motifs is 1. The fourth-order valence-corrected chi connectivity index (χ4v) is 4.59. The van der Waals surface area contributed by atoms with Gasteiger partial charge in [0.15, 0.2) is 23.3 Å². The molecular weight excluding hydrogens is 392 g/mol. The zero-order valence-corrected chi connectivity index (χ0v) is 17.5. The minimum Gasteiger partial charge on any atom is -0.492 e. The molecular formula is C22H27F2N3O3. The molecule has 1 aromatic carbocycles. The first-order valence-corrected chi connectivity index (χ1v) is 10.5. The van der Waals surface area contributed by atoms with E-state index in [1.165, 1.54) is 13.3 Å². The summed E-state index contributed by atoms with van der Waals surface area (Å²) in [7, 11) is 1.41. The maximum absolute atomic E-state index is 15.2. The van der Waals surface area contributed by atoms with E-state index in [0.717, 1.165) is 18.9 Å². The Morgan fingerprint density at radius 1 is 1.33 bits per heavy atom. The van der Waals surface area contributed by atoms with Crippen LogP contribution in [-0.4, -0.2) is 43.3 Å². The number of rotatable bonds is 4. The number of ether oxygens (including phenoxy) is 1. The summed E-state index contributed by atoms with van der Waals surface area (Å²) in [5.74, 6) is -0.415. The van der Waals surface area contributed by atoms with Gasteiger partial charge in [0.2, 0.25) is 0 Å². The summed E-state index contributed by atoms with van der Waals surface area (Å²) in [6.45, 7) is 5.11. The molecule has 0 radical (unpaired) electrons. The zero-order valence-electron chi connectivity index (χ0n) is 17.5. The number of halogens is 2. The minimum absolute atomic E-state index is 0.0198. The summed E-state index contributed by atoms with van der Waals surface area (Å²) >= 11 is 0. The van der Waals surface area contributed by atoms with Gasteiger partial charge >= 0.3 is 0 Å². The number of nitrogens with zero attached hydrogens (tertiary/aromatic N) is 2. The van der Waals surface area contributed by atoms with Crippen LogP contribution in [0, 0.1) is 11.2 Å². The van der Waals surface area contributed by atoms with Crippen molar-refractivity contribution in [2.75, 3.05) is 25.1 Å². The molecule has 2 saturated carbocycles. The van der Waals surface area contributed by atoms with Gasteiger partial charge < -0.3 is 19.9 Å². The molecule has 0 amide bonds. The SMILES string of the molecule is CC.COc1c(N2C[C@@H](N)C3(CC3)C2)c(F)cc2c(=O)c(C=O)cn([C@@H]3C[C@@H]3F)c12. The van der Waals surface area contributed by atoms with Crippen molar-refractivity contribution < 1.29 is 18.3 Å². The smallest absolute Gasteiger partial charge is 0.200 e. The van der Waals surface area contributed by atoms with Crippen LogP contribution in [0.1, 0.15) is 49.5 Å². The Kier molecular flexibility index (Phi) is 5.08. The third-order valence-corrected chi connectivity index (χ3v) is 6.51. The topological polar surface area (TPSA) is 77.6 Å². The highest BCUT2D eigenvalue weighted by atomic mass is 19.1. The quantitative estimate of drug-likeness (QED) is 0.770. The molecule has 2 N–H and O–H groups in total. The van der Waals surface area contributed by atoms with Crippen LogP contribution in [0.4, 0.5) is 14.5 Å². The Morgan fingerprint density at radius 3 is 2.50 bits per heavy atom. The highest BCUT2D eigenvalue weighted by molar-refractivity contribution is 5.94. The predicted molar refractivity (Wildman–Crippen MR) is 112 cm³/mol. The van der Waals surface area contributed by atoms with Gasteiger partial charge in [0.05, 0.1) is 29.6 Å². The van der Waals surface area contributed by atoms with Crippen LogP contribution < -0.4 is 20.8 Å².